The van der Waals surface area contributed by atoms with Crippen molar-refractivity contribution in [1.82, 2.24) is 0 Å². The summed E-state index contributed by atoms with van der Waals surface area (Å²) >= 11 is 0. The van der Waals surface area contributed by atoms with Crippen molar-refractivity contribution in [2.75, 3.05) is 0 Å². The van der Waals surface area contributed by atoms with E-state index in [0.29, 0.717) is 6.42 Å². The Kier molecular flexibility index (Phi) is 12.1. The fraction of sp³-hybridized carbons (Fsp3) is 0.700. The van der Waals surface area contributed by atoms with Crippen molar-refractivity contribution in [2.24, 2.45) is 0 Å². The van der Waals surface area contributed by atoms with Gasteiger partial charge in [0.05, 0.1) is 12.8 Å². The third kappa shape index (κ3) is 22.8. The van der Waals surface area contributed by atoms with Gasteiger partial charge in [-0.15, -0.1) is 0 Å². The van der Waals surface area contributed by atoms with E-state index in [1.165, 1.54) is 0 Å². The molecule has 0 radical (unpaired) electrons. The number of unbranched alkanes of at least 4 members (excludes halogenated alkanes) is 2. The topological polar surface area (TPSA) is 112 Å². The van der Waals surface area contributed by atoms with E-state index in [1.54, 1.807) is 0 Å². The number of carboxylic acid groups (broad SMARTS) is 3. The Labute approximate surface area is 93.9 Å². The Hall–Kier alpha value is -1.59. The van der Waals surface area contributed by atoms with Crippen molar-refractivity contribution < 1.29 is 29.7 Å². The first-order valence-corrected chi connectivity index (χ1v) is 5.05. The SMILES string of the molecule is CCCCCC(=O)O.O=C(O)CCC(=O)O. The molecule has 6 heteroatoms. The molecule has 0 aliphatic heterocycles. The molecule has 94 valence electrons. The number of hydrogen-bond donors (Lipinski definition) is 3. The fourth-order valence-electron chi connectivity index (χ4n) is 0.740. The first-order chi connectivity index (χ1) is 7.40. The third-order valence-corrected chi connectivity index (χ3v) is 1.55. The van der Waals surface area contributed by atoms with E-state index < -0.39 is 17.9 Å². The van der Waals surface area contributed by atoms with Crippen molar-refractivity contribution >= 4 is 17.9 Å². The second-order valence-corrected chi connectivity index (χ2v) is 3.14. The summed E-state index contributed by atoms with van der Waals surface area (Å²) in [5, 5.41) is 23.9. The van der Waals surface area contributed by atoms with Crippen LogP contribution in [0, 0.1) is 0 Å². The van der Waals surface area contributed by atoms with Gasteiger partial charge in [0.1, 0.15) is 0 Å². The summed E-state index contributed by atoms with van der Waals surface area (Å²) in [5.74, 6) is -2.83. The summed E-state index contributed by atoms with van der Waals surface area (Å²) in [6.07, 6.45) is 2.68. The first kappa shape index (κ1) is 16.8. The Morgan fingerprint density at radius 1 is 0.750 bits per heavy atom. The van der Waals surface area contributed by atoms with E-state index in [9.17, 15) is 14.4 Å². The van der Waals surface area contributed by atoms with Gasteiger partial charge in [0.15, 0.2) is 0 Å². The Balaban J connectivity index is 0. The smallest absolute Gasteiger partial charge is 0.303 e. The van der Waals surface area contributed by atoms with E-state index in [1.807, 2.05) is 0 Å². The number of carbonyl (C=O) groups is 3. The largest absolute Gasteiger partial charge is 0.481 e. The summed E-state index contributed by atoms with van der Waals surface area (Å²) < 4.78 is 0. The second kappa shape index (κ2) is 11.5. The molecule has 0 aromatic carbocycles. The molecule has 0 aliphatic carbocycles. The normalized spacial score (nSPS) is 8.81. The molecule has 6 nitrogen and oxygen atoms in total. The summed E-state index contributed by atoms with van der Waals surface area (Å²) in [4.78, 5) is 29.2. The van der Waals surface area contributed by atoms with Crippen LogP contribution in [0.2, 0.25) is 0 Å². The molecule has 0 spiro atoms. The average Bonchev–Trinajstić information content (AvgIpc) is 2.16. The molecule has 0 saturated heterocycles. The van der Waals surface area contributed by atoms with Crippen LogP contribution < -0.4 is 0 Å². The van der Waals surface area contributed by atoms with E-state index in [0.717, 1.165) is 19.3 Å². The van der Waals surface area contributed by atoms with E-state index in [4.69, 9.17) is 15.3 Å². The van der Waals surface area contributed by atoms with Crippen LogP contribution in [0.25, 0.3) is 0 Å². The van der Waals surface area contributed by atoms with Crippen molar-refractivity contribution in [2.45, 2.75) is 45.4 Å². The summed E-state index contributed by atoms with van der Waals surface area (Å²) in [7, 11) is 0. The van der Waals surface area contributed by atoms with Gasteiger partial charge in [-0.3, -0.25) is 14.4 Å². The zero-order valence-corrected chi connectivity index (χ0v) is 9.31. The first-order valence-electron chi connectivity index (χ1n) is 5.05. The quantitative estimate of drug-likeness (QED) is 0.576. The molecule has 16 heavy (non-hydrogen) atoms. The molecule has 0 atom stereocenters. The van der Waals surface area contributed by atoms with Gasteiger partial charge in [-0.25, -0.2) is 0 Å². The second-order valence-electron chi connectivity index (χ2n) is 3.14. The molecule has 0 aliphatic rings. The summed E-state index contributed by atoms with van der Waals surface area (Å²) in [6, 6.07) is 0. The van der Waals surface area contributed by atoms with Crippen LogP contribution in [0.1, 0.15) is 45.4 Å². The maximum atomic E-state index is 9.87. The minimum Gasteiger partial charge on any atom is -0.481 e. The van der Waals surface area contributed by atoms with Gasteiger partial charge in [0.25, 0.3) is 0 Å². The molecule has 0 aromatic rings. The van der Waals surface area contributed by atoms with Crippen LogP contribution in [0.5, 0.6) is 0 Å². The average molecular weight is 234 g/mol. The van der Waals surface area contributed by atoms with Crippen LogP contribution in [-0.4, -0.2) is 33.2 Å². The van der Waals surface area contributed by atoms with Crippen molar-refractivity contribution in [3.05, 3.63) is 0 Å². The highest BCUT2D eigenvalue weighted by molar-refractivity contribution is 5.75. The highest BCUT2D eigenvalue weighted by Gasteiger charge is 2.00. The molecule has 0 heterocycles. The zero-order chi connectivity index (χ0) is 13.0. The van der Waals surface area contributed by atoms with E-state index >= 15 is 0 Å². The monoisotopic (exact) mass is 234 g/mol. The summed E-state index contributed by atoms with van der Waals surface area (Å²) in [5.41, 5.74) is 0. The number of rotatable bonds is 7. The molecular formula is C10H18O6. The molecular weight excluding hydrogens is 216 g/mol. The summed E-state index contributed by atoms with van der Waals surface area (Å²) in [6.45, 7) is 2.06. The highest BCUT2D eigenvalue weighted by Crippen LogP contribution is 1.97. The van der Waals surface area contributed by atoms with Crippen LogP contribution >= 0.6 is 0 Å². The van der Waals surface area contributed by atoms with Gasteiger partial charge in [-0.05, 0) is 6.42 Å². The maximum absolute atomic E-state index is 9.87. The predicted molar refractivity (Wildman–Crippen MR) is 56.3 cm³/mol. The van der Waals surface area contributed by atoms with Crippen LogP contribution in [0.3, 0.4) is 0 Å². The lowest BCUT2D eigenvalue weighted by molar-refractivity contribution is -0.143. The lowest BCUT2D eigenvalue weighted by Crippen LogP contribution is -2.00. The Morgan fingerprint density at radius 2 is 1.12 bits per heavy atom. The third-order valence-electron chi connectivity index (χ3n) is 1.55. The highest BCUT2D eigenvalue weighted by atomic mass is 16.4. The standard InChI is InChI=1S/C6H12O2.C4H6O4/c1-2-3-4-5-6(7)8;5-3(6)1-2-4(7)8/h2-5H2,1H3,(H,7,8);1-2H2,(H,5,6)(H,7,8). The molecule has 0 unspecified atom stereocenters. The molecule has 3 N–H and O–H groups in total. The number of hydrogen-bond acceptors (Lipinski definition) is 3. The van der Waals surface area contributed by atoms with Crippen LogP contribution in [0.4, 0.5) is 0 Å². The van der Waals surface area contributed by atoms with Gasteiger partial charge in [0, 0.05) is 6.42 Å². The molecule has 0 saturated carbocycles. The van der Waals surface area contributed by atoms with Crippen LogP contribution in [0.15, 0.2) is 0 Å². The van der Waals surface area contributed by atoms with E-state index in [-0.39, 0.29) is 12.8 Å². The van der Waals surface area contributed by atoms with Crippen molar-refractivity contribution in [3.63, 3.8) is 0 Å². The molecule has 0 rings (SSSR count). The molecule has 0 bridgehead atoms. The molecule has 0 amide bonds. The Bertz CT molecular complexity index is 209. The predicted octanol–water partition coefficient (Wildman–Crippen LogP) is 1.59. The number of carboxylic acids is 3. The van der Waals surface area contributed by atoms with Gasteiger partial charge in [-0.2, -0.15) is 0 Å². The van der Waals surface area contributed by atoms with Crippen LogP contribution in [-0.2, 0) is 14.4 Å². The number of aliphatic carboxylic acids is 3. The minimum atomic E-state index is -1.08. The fourth-order valence-corrected chi connectivity index (χ4v) is 0.740. The molecule has 0 aromatic heterocycles. The molecule has 0 fully saturated rings. The Morgan fingerprint density at radius 3 is 1.38 bits per heavy atom. The van der Waals surface area contributed by atoms with Crippen molar-refractivity contribution in [1.29, 1.82) is 0 Å². The minimum absolute atomic E-state index is 0.296. The van der Waals surface area contributed by atoms with Crippen molar-refractivity contribution in [3.8, 4) is 0 Å². The van der Waals surface area contributed by atoms with Gasteiger partial charge in [-0.1, -0.05) is 19.8 Å². The van der Waals surface area contributed by atoms with Gasteiger partial charge in [0.2, 0.25) is 0 Å². The van der Waals surface area contributed by atoms with Gasteiger partial charge < -0.3 is 15.3 Å². The van der Waals surface area contributed by atoms with Gasteiger partial charge >= 0.3 is 17.9 Å². The lowest BCUT2D eigenvalue weighted by Gasteiger charge is -1.89. The van der Waals surface area contributed by atoms with E-state index in [2.05, 4.69) is 6.92 Å². The maximum Gasteiger partial charge on any atom is 0.303 e. The lowest BCUT2D eigenvalue weighted by atomic mass is 10.2. The zero-order valence-electron chi connectivity index (χ0n) is 9.31.